The summed E-state index contributed by atoms with van der Waals surface area (Å²) in [6.07, 6.45) is 84.2. The number of aliphatic hydroxyl groups is 3. The number of carbonyl (C=O) groups is 1. The summed E-state index contributed by atoms with van der Waals surface area (Å²) in [5.41, 5.74) is 0. The van der Waals surface area contributed by atoms with Crippen LogP contribution < -0.4 is 5.32 Å². The van der Waals surface area contributed by atoms with Gasteiger partial charge in [0.2, 0.25) is 5.91 Å². The van der Waals surface area contributed by atoms with Crippen molar-refractivity contribution in [3.8, 4) is 0 Å². The third-order valence-electron chi connectivity index (χ3n) is 15.7. The Morgan fingerprint density at radius 1 is 0.329 bits per heavy atom. The van der Waals surface area contributed by atoms with Gasteiger partial charge < -0.3 is 20.6 Å². The van der Waals surface area contributed by atoms with Gasteiger partial charge in [-0.2, -0.15) is 0 Å². The molecule has 0 aliphatic rings. The van der Waals surface area contributed by atoms with Gasteiger partial charge in [-0.3, -0.25) is 4.79 Å². The zero-order valence-corrected chi connectivity index (χ0v) is 49.5. The summed E-state index contributed by atoms with van der Waals surface area (Å²) in [5.74, 6) is -0.510. The Kier molecular flexibility index (Phi) is 61.9. The van der Waals surface area contributed by atoms with Crippen LogP contribution in [0, 0.1) is 0 Å². The topological polar surface area (TPSA) is 89.8 Å². The number of aliphatic hydroxyl groups excluding tert-OH is 3. The van der Waals surface area contributed by atoms with Gasteiger partial charge in [0.1, 0.15) is 6.10 Å². The van der Waals surface area contributed by atoms with Crippen molar-refractivity contribution in [1.29, 1.82) is 0 Å². The average molecular weight is 1030 g/mol. The SMILES string of the molecule is CCCCCCCCCCCCCCCCC/C=C/CC/C=C/CC/C=C/C(O)C(CO)NC(=O)C(O)CCCCCCCCCCCCCCCCCCCCCCCCCCCCCCCCCCCC. The maximum Gasteiger partial charge on any atom is 0.249 e. The molecule has 0 rings (SSSR count). The van der Waals surface area contributed by atoms with Crippen LogP contribution in [0.25, 0.3) is 0 Å². The lowest BCUT2D eigenvalue weighted by Crippen LogP contribution is -2.48. The molecule has 0 aliphatic heterocycles. The standard InChI is InChI=1S/C68H131NO4/c1-3-5-7-9-11-13-15-17-19-21-23-25-27-29-30-31-32-33-34-35-36-37-39-41-43-45-47-49-51-53-55-57-59-61-63-67(72)68(73)69-65(64-70)66(71)62-60-58-56-54-52-50-48-46-44-42-40-38-28-26-24-22-20-18-16-14-12-10-8-6-4-2/h44,46,52,54,60,62,65-67,70-72H,3-43,45,47-51,53,55-59,61,63-64H2,1-2H3,(H,69,73)/b46-44+,54-52+,62-60+. The van der Waals surface area contributed by atoms with E-state index in [9.17, 15) is 20.1 Å². The van der Waals surface area contributed by atoms with Gasteiger partial charge >= 0.3 is 0 Å². The summed E-state index contributed by atoms with van der Waals surface area (Å²) >= 11 is 0. The second-order valence-corrected chi connectivity index (χ2v) is 23.0. The molecule has 0 saturated heterocycles. The van der Waals surface area contributed by atoms with Crippen LogP contribution in [0.1, 0.15) is 367 Å². The Morgan fingerprint density at radius 2 is 0.562 bits per heavy atom. The minimum atomic E-state index is -1.11. The molecule has 0 aromatic rings. The Labute approximate surface area is 457 Å². The van der Waals surface area contributed by atoms with Gasteiger partial charge in [-0.15, -0.1) is 0 Å². The van der Waals surface area contributed by atoms with Crippen LogP contribution in [0.3, 0.4) is 0 Å². The molecular formula is C68H131NO4. The quantitative estimate of drug-likeness (QED) is 0.0361. The fourth-order valence-electron chi connectivity index (χ4n) is 10.6. The zero-order chi connectivity index (χ0) is 52.9. The van der Waals surface area contributed by atoms with Crippen molar-refractivity contribution in [3.63, 3.8) is 0 Å². The molecule has 4 N–H and O–H groups in total. The van der Waals surface area contributed by atoms with Crippen LogP contribution in [0.4, 0.5) is 0 Å². The summed E-state index contributed by atoms with van der Waals surface area (Å²) in [5, 5.41) is 33.5. The number of allylic oxidation sites excluding steroid dienone is 5. The Bertz CT molecular complexity index is 1130. The van der Waals surface area contributed by atoms with Gasteiger partial charge in [0.15, 0.2) is 0 Å². The first-order valence-electron chi connectivity index (χ1n) is 33.3. The van der Waals surface area contributed by atoms with Gasteiger partial charge in [-0.1, -0.05) is 359 Å². The third-order valence-corrected chi connectivity index (χ3v) is 15.7. The van der Waals surface area contributed by atoms with E-state index in [1.54, 1.807) is 6.08 Å². The lowest BCUT2D eigenvalue weighted by molar-refractivity contribution is -0.131. The van der Waals surface area contributed by atoms with Crippen LogP contribution >= 0.6 is 0 Å². The van der Waals surface area contributed by atoms with Gasteiger partial charge in [-0.25, -0.2) is 0 Å². The second kappa shape index (κ2) is 63.1. The summed E-state index contributed by atoms with van der Waals surface area (Å²) in [4.78, 5) is 12.6. The fraction of sp³-hybridized carbons (Fsp3) is 0.897. The molecule has 432 valence electrons. The monoisotopic (exact) mass is 1030 g/mol. The maximum atomic E-state index is 12.6. The molecule has 73 heavy (non-hydrogen) atoms. The van der Waals surface area contributed by atoms with Crippen molar-refractivity contribution >= 4 is 5.91 Å². The first-order valence-corrected chi connectivity index (χ1v) is 33.3. The summed E-state index contributed by atoms with van der Waals surface area (Å²) in [6, 6.07) is -0.821. The molecule has 0 spiro atoms. The van der Waals surface area contributed by atoms with Crippen molar-refractivity contribution in [2.75, 3.05) is 6.61 Å². The molecule has 0 radical (unpaired) electrons. The number of carbonyl (C=O) groups excluding carboxylic acids is 1. The number of amides is 1. The molecule has 0 fully saturated rings. The first kappa shape index (κ1) is 71.6. The molecule has 1 amide bonds. The molecule has 0 aliphatic carbocycles. The molecule has 0 heterocycles. The number of nitrogens with one attached hydrogen (secondary N) is 1. The lowest BCUT2D eigenvalue weighted by Gasteiger charge is -2.21. The van der Waals surface area contributed by atoms with E-state index in [0.717, 1.165) is 44.9 Å². The molecule has 5 heteroatoms. The smallest absolute Gasteiger partial charge is 0.249 e. The summed E-state index contributed by atoms with van der Waals surface area (Å²) in [6.45, 7) is 4.22. The molecule has 0 aromatic heterocycles. The third kappa shape index (κ3) is 58.1. The van der Waals surface area contributed by atoms with Crippen molar-refractivity contribution in [2.45, 2.75) is 385 Å². The van der Waals surface area contributed by atoms with E-state index in [-0.39, 0.29) is 6.61 Å². The van der Waals surface area contributed by atoms with Crippen LogP contribution in [-0.4, -0.2) is 46.1 Å². The highest BCUT2D eigenvalue weighted by atomic mass is 16.3. The highest BCUT2D eigenvalue weighted by Crippen LogP contribution is 2.19. The Morgan fingerprint density at radius 3 is 0.836 bits per heavy atom. The molecule has 5 nitrogen and oxygen atoms in total. The maximum absolute atomic E-state index is 12.6. The van der Waals surface area contributed by atoms with Crippen LogP contribution in [0.2, 0.25) is 0 Å². The molecular weight excluding hydrogens is 895 g/mol. The van der Waals surface area contributed by atoms with Gasteiger partial charge in [-0.05, 0) is 44.9 Å². The highest BCUT2D eigenvalue weighted by Gasteiger charge is 2.22. The van der Waals surface area contributed by atoms with E-state index >= 15 is 0 Å². The van der Waals surface area contributed by atoms with Gasteiger partial charge in [0.25, 0.3) is 0 Å². The van der Waals surface area contributed by atoms with E-state index in [0.29, 0.717) is 6.42 Å². The number of hydrogen-bond acceptors (Lipinski definition) is 4. The first-order chi connectivity index (χ1) is 36.1. The van der Waals surface area contributed by atoms with Crippen LogP contribution in [-0.2, 0) is 4.79 Å². The highest BCUT2D eigenvalue weighted by molar-refractivity contribution is 5.80. The van der Waals surface area contributed by atoms with Crippen molar-refractivity contribution < 1.29 is 20.1 Å². The molecule has 3 atom stereocenters. The second-order valence-electron chi connectivity index (χ2n) is 23.0. The predicted octanol–water partition coefficient (Wildman–Crippen LogP) is 21.3. The average Bonchev–Trinajstić information content (AvgIpc) is 3.40. The minimum absolute atomic E-state index is 0.378. The van der Waals surface area contributed by atoms with Gasteiger partial charge in [0, 0.05) is 0 Å². The number of unbranched alkanes of at least 4 members (excludes halogenated alkanes) is 50. The van der Waals surface area contributed by atoms with E-state index < -0.39 is 24.2 Å². The van der Waals surface area contributed by atoms with E-state index in [2.05, 4.69) is 43.5 Å². The molecule has 0 bridgehead atoms. The minimum Gasteiger partial charge on any atom is -0.394 e. The van der Waals surface area contributed by atoms with Gasteiger partial charge in [0.05, 0.1) is 18.8 Å². The zero-order valence-electron chi connectivity index (χ0n) is 49.5. The lowest BCUT2D eigenvalue weighted by atomic mass is 10.0. The molecule has 3 unspecified atom stereocenters. The Balaban J connectivity index is 3.53. The molecule has 0 aromatic carbocycles. The van der Waals surface area contributed by atoms with E-state index in [1.165, 1.54) is 302 Å². The normalized spacial score (nSPS) is 13.3. The van der Waals surface area contributed by atoms with Crippen molar-refractivity contribution in [3.05, 3.63) is 36.5 Å². The summed E-state index contributed by atoms with van der Waals surface area (Å²) in [7, 11) is 0. The fourth-order valence-corrected chi connectivity index (χ4v) is 10.6. The predicted molar refractivity (Wildman–Crippen MR) is 324 cm³/mol. The van der Waals surface area contributed by atoms with E-state index in [4.69, 9.17) is 0 Å². The van der Waals surface area contributed by atoms with Crippen LogP contribution in [0.5, 0.6) is 0 Å². The number of hydrogen-bond donors (Lipinski definition) is 4. The Hall–Kier alpha value is -1.43. The van der Waals surface area contributed by atoms with E-state index in [1.807, 2.05) is 6.08 Å². The number of rotatable bonds is 62. The van der Waals surface area contributed by atoms with Crippen molar-refractivity contribution in [1.82, 2.24) is 5.32 Å². The largest absolute Gasteiger partial charge is 0.394 e. The van der Waals surface area contributed by atoms with Crippen LogP contribution in [0.15, 0.2) is 36.5 Å². The summed E-state index contributed by atoms with van der Waals surface area (Å²) < 4.78 is 0. The van der Waals surface area contributed by atoms with Crippen molar-refractivity contribution in [2.24, 2.45) is 0 Å². The molecule has 0 saturated carbocycles.